The second kappa shape index (κ2) is 4.08. The average Bonchev–Trinajstić information content (AvgIpc) is 2.71. The maximum Gasteiger partial charge on any atom is 0.0656 e. The van der Waals surface area contributed by atoms with Crippen LogP contribution in [0.5, 0.6) is 0 Å². The van der Waals surface area contributed by atoms with Crippen LogP contribution in [0, 0.1) is 17.2 Å². The van der Waals surface area contributed by atoms with Gasteiger partial charge in [-0.05, 0) is 38.9 Å². The van der Waals surface area contributed by atoms with Gasteiger partial charge in [-0.15, -0.1) is 0 Å². The highest BCUT2D eigenvalue weighted by molar-refractivity contribution is 4.90. The van der Waals surface area contributed by atoms with Gasteiger partial charge in [-0.2, -0.15) is 5.26 Å². The Morgan fingerprint density at radius 1 is 1.23 bits per heavy atom. The van der Waals surface area contributed by atoms with Crippen LogP contribution in [0.2, 0.25) is 0 Å². The van der Waals surface area contributed by atoms with Crippen LogP contribution < -0.4 is 5.32 Å². The Morgan fingerprint density at radius 2 is 2.00 bits per heavy atom. The number of nitriles is 1. The molecule has 0 aromatic rings. The topological polar surface area (TPSA) is 39.1 Å². The lowest BCUT2D eigenvalue weighted by molar-refractivity contribution is 0.156. The van der Waals surface area contributed by atoms with Crippen molar-refractivity contribution in [3.8, 4) is 6.07 Å². The number of rotatable bonds is 1. The van der Waals surface area contributed by atoms with Gasteiger partial charge in [-0.25, -0.2) is 0 Å². The van der Waals surface area contributed by atoms with Crippen LogP contribution in [0.15, 0.2) is 0 Å². The van der Waals surface area contributed by atoms with Crippen molar-refractivity contribution in [2.24, 2.45) is 5.92 Å². The lowest BCUT2D eigenvalue weighted by Crippen LogP contribution is -2.42. The molecule has 0 saturated carbocycles. The first kappa shape index (κ1) is 8.98. The van der Waals surface area contributed by atoms with Crippen molar-refractivity contribution in [3.05, 3.63) is 0 Å². The number of hydrogen-bond acceptors (Lipinski definition) is 3. The van der Waals surface area contributed by atoms with Gasteiger partial charge in [0.25, 0.3) is 0 Å². The van der Waals surface area contributed by atoms with E-state index in [4.69, 9.17) is 5.26 Å². The molecule has 72 valence electrons. The summed E-state index contributed by atoms with van der Waals surface area (Å²) in [6.07, 6.45) is 3.44. The molecule has 0 aliphatic carbocycles. The van der Waals surface area contributed by atoms with E-state index in [-0.39, 0.29) is 0 Å². The van der Waals surface area contributed by atoms with Gasteiger partial charge in [0.2, 0.25) is 0 Å². The molecule has 0 aromatic heterocycles. The highest BCUT2D eigenvalue weighted by Gasteiger charge is 2.26. The van der Waals surface area contributed by atoms with Crippen LogP contribution >= 0.6 is 0 Å². The van der Waals surface area contributed by atoms with E-state index in [0.717, 1.165) is 38.5 Å². The molecular weight excluding hydrogens is 162 g/mol. The third kappa shape index (κ3) is 2.01. The molecule has 3 heteroatoms. The standard InChI is InChI=1S/C10H17N3/c11-7-9-2-5-13(6-3-9)10-1-4-12-8-10/h9-10,12H,1-6,8H2. The Kier molecular flexibility index (Phi) is 2.82. The Morgan fingerprint density at radius 3 is 2.54 bits per heavy atom. The van der Waals surface area contributed by atoms with Crippen molar-refractivity contribution in [2.45, 2.75) is 25.3 Å². The molecule has 0 spiro atoms. The van der Waals surface area contributed by atoms with Crippen molar-refractivity contribution in [1.82, 2.24) is 10.2 Å². The molecule has 1 N–H and O–H groups in total. The molecule has 2 heterocycles. The van der Waals surface area contributed by atoms with Crippen LogP contribution in [0.1, 0.15) is 19.3 Å². The van der Waals surface area contributed by atoms with Crippen molar-refractivity contribution >= 4 is 0 Å². The summed E-state index contributed by atoms with van der Waals surface area (Å²) >= 11 is 0. The van der Waals surface area contributed by atoms with Gasteiger partial charge >= 0.3 is 0 Å². The first-order valence-electron chi connectivity index (χ1n) is 5.24. The molecule has 13 heavy (non-hydrogen) atoms. The molecule has 2 rings (SSSR count). The fourth-order valence-electron chi connectivity index (χ4n) is 2.34. The molecule has 1 atom stereocenters. The smallest absolute Gasteiger partial charge is 0.0656 e. The minimum Gasteiger partial charge on any atom is -0.315 e. The summed E-state index contributed by atoms with van der Waals surface area (Å²) in [5, 5.41) is 12.1. The second-order valence-electron chi connectivity index (χ2n) is 4.09. The van der Waals surface area contributed by atoms with Crippen molar-refractivity contribution in [2.75, 3.05) is 26.2 Å². The van der Waals surface area contributed by atoms with E-state index in [1.54, 1.807) is 0 Å². The zero-order valence-corrected chi connectivity index (χ0v) is 8.00. The summed E-state index contributed by atoms with van der Waals surface area (Å²) in [4.78, 5) is 2.55. The Balaban J connectivity index is 1.81. The summed E-state index contributed by atoms with van der Waals surface area (Å²) in [5.41, 5.74) is 0. The molecular formula is C10H17N3. The summed E-state index contributed by atoms with van der Waals surface area (Å²) in [5.74, 6) is 0.325. The Labute approximate surface area is 79.7 Å². The maximum atomic E-state index is 8.76. The number of nitrogens with one attached hydrogen (secondary N) is 1. The fourth-order valence-corrected chi connectivity index (χ4v) is 2.34. The van der Waals surface area contributed by atoms with Crippen molar-refractivity contribution in [3.63, 3.8) is 0 Å². The molecule has 2 aliphatic heterocycles. The van der Waals surface area contributed by atoms with Gasteiger partial charge in [0.15, 0.2) is 0 Å². The SMILES string of the molecule is N#CC1CCN(C2CCNC2)CC1. The largest absolute Gasteiger partial charge is 0.315 e. The summed E-state index contributed by atoms with van der Waals surface area (Å²) in [6.45, 7) is 4.58. The Hall–Kier alpha value is -0.590. The van der Waals surface area contributed by atoms with Gasteiger partial charge < -0.3 is 5.32 Å². The molecule has 0 bridgehead atoms. The highest BCUT2D eigenvalue weighted by Crippen LogP contribution is 2.20. The fraction of sp³-hybridized carbons (Fsp3) is 0.900. The van der Waals surface area contributed by atoms with E-state index in [0.29, 0.717) is 5.92 Å². The average molecular weight is 179 g/mol. The summed E-state index contributed by atoms with van der Waals surface area (Å²) in [6, 6.07) is 3.12. The van der Waals surface area contributed by atoms with Gasteiger partial charge in [-0.3, -0.25) is 4.90 Å². The molecule has 2 aliphatic rings. The second-order valence-corrected chi connectivity index (χ2v) is 4.09. The van der Waals surface area contributed by atoms with E-state index in [9.17, 15) is 0 Å². The number of piperidine rings is 1. The molecule has 0 radical (unpaired) electrons. The van der Waals surface area contributed by atoms with Gasteiger partial charge in [-0.1, -0.05) is 0 Å². The van der Waals surface area contributed by atoms with Crippen LogP contribution in [0.3, 0.4) is 0 Å². The van der Waals surface area contributed by atoms with Crippen molar-refractivity contribution in [1.29, 1.82) is 5.26 Å². The van der Waals surface area contributed by atoms with Crippen molar-refractivity contribution < 1.29 is 0 Å². The number of hydrogen-bond donors (Lipinski definition) is 1. The van der Waals surface area contributed by atoms with E-state index < -0.39 is 0 Å². The van der Waals surface area contributed by atoms with Crippen LogP contribution in [-0.2, 0) is 0 Å². The third-order valence-corrected chi connectivity index (χ3v) is 3.26. The maximum absolute atomic E-state index is 8.76. The van der Waals surface area contributed by atoms with Crippen LogP contribution in [0.4, 0.5) is 0 Å². The van der Waals surface area contributed by atoms with Gasteiger partial charge in [0.1, 0.15) is 0 Å². The first-order chi connectivity index (χ1) is 6.40. The van der Waals surface area contributed by atoms with Gasteiger partial charge in [0, 0.05) is 18.5 Å². The van der Waals surface area contributed by atoms with E-state index in [1.165, 1.54) is 13.0 Å². The van der Waals surface area contributed by atoms with E-state index >= 15 is 0 Å². The molecule has 2 saturated heterocycles. The highest BCUT2D eigenvalue weighted by atomic mass is 15.2. The minimum atomic E-state index is 0.325. The number of likely N-dealkylation sites (tertiary alicyclic amines) is 1. The minimum absolute atomic E-state index is 0.325. The van der Waals surface area contributed by atoms with E-state index in [1.807, 2.05) is 0 Å². The lowest BCUT2D eigenvalue weighted by Gasteiger charge is -2.33. The van der Waals surface area contributed by atoms with E-state index in [2.05, 4.69) is 16.3 Å². The zero-order valence-electron chi connectivity index (χ0n) is 8.00. The lowest BCUT2D eigenvalue weighted by atomic mass is 9.97. The third-order valence-electron chi connectivity index (χ3n) is 3.26. The summed E-state index contributed by atoms with van der Waals surface area (Å²) < 4.78 is 0. The van der Waals surface area contributed by atoms with Crippen LogP contribution in [-0.4, -0.2) is 37.1 Å². The monoisotopic (exact) mass is 179 g/mol. The van der Waals surface area contributed by atoms with Gasteiger partial charge in [0.05, 0.1) is 6.07 Å². The normalized spacial score (nSPS) is 31.8. The van der Waals surface area contributed by atoms with Crippen LogP contribution in [0.25, 0.3) is 0 Å². The predicted molar refractivity (Wildman–Crippen MR) is 51.2 cm³/mol. The Bertz CT molecular complexity index is 195. The molecule has 2 fully saturated rings. The molecule has 0 aromatic carbocycles. The predicted octanol–water partition coefficient (Wildman–Crippen LogP) is 0.584. The summed E-state index contributed by atoms with van der Waals surface area (Å²) in [7, 11) is 0. The molecule has 1 unspecified atom stereocenters. The molecule has 3 nitrogen and oxygen atoms in total. The first-order valence-corrected chi connectivity index (χ1v) is 5.24. The number of nitrogens with zero attached hydrogens (tertiary/aromatic N) is 2. The molecule has 0 amide bonds. The quantitative estimate of drug-likeness (QED) is 0.640. The zero-order chi connectivity index (χ0) is 9.10.